The zero-order valence-corrected chi connectivity index (χ0v) is 18.2. The van der Waals surface area contributed by atoms with E-state index in [4.69, 9.17) is 19.3 Å². The van der Waals surface area contributed by atoms with E-state index >= 15 is 0 Å². The molecule has 168 valence electrons. The Hall–Kier alpha value is -3.11. The van der Waals surface area contributed by atoms with E-state index in [1.54, 1.807) is 6.07 Å². The number of nitrogens with two attached hydrogens (primary N) is 1. The Bertz CT molecular complexity index is 1000. The van der Waals surface area contributed by atoms with Crippen LogP contribution in [0.4, 0.5) is 5.69 Å². The summed E-state index contributed by atoms with van der Waals surface area (Å²) in [6.45, 7) is 4.30. The average molecular weight is 451 g/mol. The first-order valence-electron chi connectivity index (χ1n) is 9.74. The van der Waals surface area contributed by atoms with E-state index in [9.17, 15) is 18.0 Å². The summed E-state index contributed by atoms with van der Waals surface area (Å²) >= 11 is 0. The molecule has 0 atom stereocenters. The highest BCUT2D eigenvalue weighted by Crippen LogP contribution is 2.29. The number of carbonyl (C=O) groups is 2. The van der Waals surface area contributed by atoms with Crippen LogP contribution in [0.1, 0.15) is 37.0 Å². The maximum Gasteiger partial charge on any atom is 0.338 e. The van der Waals surface area contributed by atoms with Crippen LogP contribution in [0.2, 0.25) is 0 Å². The minimum Gasteiger partial charge on any atom is -0.490 e. The van der Waals surface area contributed by atoms with E-state index in [-0.39, 0.29) is 10.5 Å². The Morgan fingerprint density at radius 1 is 1.00 bits per heavy atom. The standard InChI is InChI=1S/C21H26N2O7S/c1-3-5-12-29-18-11-6-15(13-19(18)28-4-2)21(25)30-14-20(24)23-16-7-9-17(10-8-16)31(22,26)27/h6-11,13H,3-5,12,14H2,1-2H3,(H,23,24)(H2,22,26,27). The lowest BCUT2D eigenvalue weighted by Gasteiger charge is -2.13. The van der Waals surface area contributed by atoms with Crippen LogP contribution in [0, 0.1) is 0 Å². The number of unbranched alkanes of at least 4 members (excludes halogenated alkanes) is 1. The van der Waals surface area contributed by atoms with Gasteiger partial charge in [0.1, 0.15) is 0 Å². The first-order valence-corrected chi connectivity index (χ1v) is 11.3. The van der Waals surface area contributed by atoms with Gasteiger partial charge in [-0.15, -0.1) is 0 Å². The molecule has 3 N–H and O–H groups in total. The molecule has 0 aliphatic carbocycles. The predicted molar refractivity (Wildman–Crippen MR) is 115 cm³/mol. The number of rotatable bonds is 11. The number of nitrogens with one attached hydrogen (secondary N) is 1. The van der Waals surface area contributed by atoms with Gasteiger partial charge in [0.05, 0.1) is 23.7 Å². The largest absolute Gasteiger partial charge is 0.490 e. The van der Waals surface area contributed by atoms with E-state index < -0.39 is 28.5 Å². The normalized spacial score (nSPS) is 10.9. The van der Waals surface area contributed by atoms with E-state index in [0.29, 0.717) is 30.4 Å². The zero-order chi connectivity index (χ0) is 22.9. The van der Waals surface area contributed by atoms with Gasteiger partial charge in [-0.25, -0.2) is 18.4 Å². The number of hydrogen-bond acceptors (Lipinski definition) is 7. The van der Waals surface area contributed by atoms with Gasteiger partial charge in [0.15, 0.2) is 18.1 Å². The van der Waals surface area contributed by atoms with Gasteiger partial charge in [-0.05, 0) is 55.8 Å². The summed E-state index contributed by atoms with van der Waals surface area (Å²) in [5, 5.41) is 7.52. The zero-order valence-electron chi connectivity index (χ0n) is 17.4. The third kappa shape index (κ3) is 7.58. The Labute approximate surface area is 181 Å². The molecule has 0 bridgehead atoms. The van der Waals surface area contributed by atoms with Crippen molar-refractivity contribution in [2.24, 2.45) is 5.14 Å². The highest BCUT2D eigenvalue weighted by Gasteiger charge is 2.15. The van der Waals surface area contributed by atoms with Crippen molar-refractivity contribution in [3.8, 4) is 11.5 Å². The molecule has 0 aromatic heterocycles. The van der Waals surface area contributed by atoms with Crippen LogP contribution in [0.5, 0.6) is 11.5 Å². The molecule has 0 radical (unpaired) electrons. The van der Waals surface area contributed by atoms with Gasteiger partial charge in [0.2, 0.25) is 10.0 Å². The fraction of sp³-hybridized carbons (Fsp3) is 0.333. The van der Waals surface area contributed by atoms with E-state index in [1.807, 2.05) is 6.92 Å². The number of amides is 1. The molecule has 2 rings (SSSR count). The van der Waals surface area contributed by atoms with Crippen LogP contribution in [-0.4, -0.2) is 40.1 Å². The monoisotopic (exact) mass is 450 g/mol. The fourth-order valence-corrected chi connectivity index (χ4v) is 3.00. The van der Waals surface area contributed by atoms with Gasteiger partial charge >= 0.3 is 5.97 Å². The van der Waals surface area contributed by atoms with Gasteiger partial charge < -0.3 is 19.5 Å². The summed E-state index contributed by atoms with van der Waals surface area (Å²) < 4.78 is 38.7. The molecule has 0 aliphatic rings. The summed E-state index contributed by atoms with van der Waals surface area (Å²) in [4.78, 5) is 24.3. The van der Waals surface area contributed by atoms with Crippen LogP contribution < -0.4 is 19.9 Å². The number of sulfonamides is 1. The first kappa shape index (κ1) is 24.2. The maximum absolute atomic E-state index is 12.3. The number of hydrogen-bond donors (Lipinski definition) is 2. The second-order valence-corrected chi connectivity index (χ2v) is 8.05. The second kappa shape index (κ2) is 11.3. The molecule has 2 aromatic carbocycles. The molecule has 0 aliphatic heterocycles. The van der Waals surface area contributed by atoms with Crippen molar-refractivity contribution in [1.29, 1.82) is 0 Å². The predicted octanol–water partition coefficient (Wildman–Crippen LogP) is 2.71. The molecule has 0 saturated carbocycles. The molecule has 1 amide bonds. The number of primary sulfonamides is 1. The SMILES string of the molecule is CCCCOc1ccc(C(=O)OCC(=O)Nc2ccc(S(N)(=O)=O)cc2)cc1OCC. The lowest BCUT2D eigenvalue weighted by atomic mass is 10.2. The lowest BCUT2D eigenvalue weighted by Crippen LogP contribution is -2.21. The summed E-state index contributed by atoms with van der Waals surface area (Å²) in [5.41, 5.74) is 0.553. The molecule has 9 nitrogen and oxygen atoms in total. The second-order valence-electron chi connectivity index (χ2n) is 6.49. The van der Waals surface area contributed by atoms with Crippen LogP contribution in [0.25, 0.3) is 0 Å². The highest BCUT2D eigenvalue weighted by atomic mass is 32.2. The van der Waals surface area contributed by atoms with E-state index in [0.717, 1.165) is 12.8 Å². The van der Waals surface area contributed by atoms with Crippen LogP contribution in [0.3, 0.4) is 0 Å². The van der Waals surface area contributed by atoms with Crippen molar-refractivity contribution >= 4 is 27.6 Å². The van der Waals surface area contributed by atoms with Crippen molar-refractivity contribution in [2.45, 2.75) is 31.6 Å². The molecule has 0 spiro atoms. The van der Waals surface area contributed by atoms with Crippen molar-refractivity contribution in [3.63, 3.8) is 0 Å². The van der Waals surface area contributed by atoms with E-state index in [2.05, 4.69) is 12.2 Å². The van der Waals surface area contributed by atoms with Crippen LogP contribution in [-0.2, 0) is 19.6 Å². The van der Waals surface area contributed by atoms with E-state index in [1.165, 1.54) is 36.4 Å². The number of carbonyl (C=O) groups excluding carboxylic acids is 2. The topological polar surface area (TPSA) is 134 Å². The maximum atomic E-state index is 12.3. The Kier molecular flexibility index (Phi) is 8.83. The minimum absolute atomic E-state index is 0.0795. The van der Waals surface area contributed by atoms with Crippen molar-refractivity contribution in [2.75, 3.05) is 25.1 Å². The van der Waals surface area contributed by atoms with Crippen molar-refractivity contribution in [3.05, 3.63) is 48.0 Å². The quantitative estimate of drug-likeness (QED) is 0.397. The van der Waals surface area contributed by atoms with Gasteiger partial charge in [0.25, 0.3) is 5.91 Å². The highest BCUT2D eigenvalue weighted by molar-refractivity contribution is 7.89. The molecule has 0 fully saturated rings. The van der Waals surface area contributed by atoms with Crippen LogP contribution >= 0.6 is 0 Å². The molecule has 0 heterocycles. The molecule has 2 aromatic rings. The molecular weight excluding hydrogens is 424 g/mol. The van der Waals surface area contributed by atoms with Gasteiger partial charge in [-0.2, -0.15) is 0 Å². The molecule has 0 saturated heterocycles. The van der Waals surface area contributed by atoms with Gasteiger partial charge in [-0.3, -0.25) is 4.79 Å². The molecule has 0 unspecified atom stereocenters. The van der Waals surface area contributed by atoms with Gasteiger partial charge in [-0.1, -0.05) is 13.3 Å². The summed E-state index contributed by atoms with van der Waals surface area (Å²) in [5.74, 6) is -0.318. The summed E-state index contributed by atoms with van der Waals surface area (Å²) in [7, 11) is -3.82. The summed E-state index contributed by atoms with van der Waals surface area (Å²) in [6, 6.07) is 9.96. The molecule has 31 heavy (non-hydrogen) atoms. The number of esters is 1. The van der Waals surface area contributed by atoms with Gasteiger partial charge in [0, 0.05) is 5.69 Å². The minimum atomic E-state index is -3.82. The molecule has 10 heteroatoms. The number of ether oxygens (including phenoxy) is 3. The van der Waals surface area contributed by atoms with Crippen molar-refractivity contribution < 1.29 is 32.2 Å². The Balaban J connectivity index is 1.95. The third-order valence-corrected chi connectivity index (χ3v) is 4.96. The molecular formula is C21H26N2O7S. The Morgan fingerprint density at radius 3 is 2.32 bits per heavy atom. The summed E-state index contributed by atoms with van der Waals surface area (Å²) in [6.07, 6.45) is 1.89. The number of anilines is 1. The smallest absolute Gasteiger partial charge is 0.338 e. The van der Waals surface area contributed by atoms with Crippen LogP contribution in [0.15, 0.2) is 47.4 Å². The third-order valence-electron chi connectivity index (χ3n) is 4.04. The lowest BCUT2D eigenvalue weighted by molar-refractivity contribution is -0.119. The first-order chi connectivity index (χ1) is 14.7. The fourth-order valence-electron chi connectivity index (χ4n) is 2.49. The average Bonchev–Trinajstić information content (AvgIpc) is 2.73. The van der Waals surface area contributed by atoms with Crippen molar-refractivity contribution in [1.82, 2.24) is 0 Å². The Morgan fingerprint density at radius 2 is 1.71 bits per heavy atom. The number of benzene rings is 2.